The fourth-order valence-corrected chi connectivity index (χ4v) is 5.99. The Morgan fingerprint density at radius 1 is 1.05 bits per heavy atom. The van der Waals surface area contributed by atoms with Gasteiger partial charge in [0, 0.05) is 6.54 Å². The van der Waals surface area contributed by atoms with E-state index in [1.807, 2.05) is 6.92 Å². The van der Waals surface area contributed by atoms with Crippen LogP contribution < -0.4 is 149 Å². The Balaban J connectivity index is 0. The van der Waals surface area contributed by atoms with Gasteiger partial charge in [0.2, 0.25) is 5.95 Å². The molecule has 0 spiro atoms. The molecule has 0 saturated carbocycles. The summed E-state index contributed by atoms with van der Waals surface area (Å²) in [7, 11) is -18.1. The van der Waals surface area contributed by atoms with Crippen LogP contribution >= 0.6 is 23.5 Å². The van der Waals surface area contributed by atoms with Crippen molar-refractivity contribution in [2.45, 2.75) is 44.3 Å². The number of nitrogens with zero attached hydrogens (tertiary/aromatic N) is 4. The van der Waals surface area contributed by atoms with Gasteiger partial charge in [-0.3, -0.25) is 18.0 Å². The fourth-order valence-electron chi connectivity index (χ4n) is 3.13. The number of imidazole rings is 1. The van der Waals surface area contributed by atoms with Gasteiger partial charge in [0.05, 0.1) is 20.8 Å². The first-order chi connectivity index (χ1) is 16.6. The topological polar surface area (TPSA) is 302 Å². The van der Waals surface area contributed by atoms with E-state index in [9.17, 15) is 43.5 Å². The summed E-state index contributed by atoms with van der Waals surface area (Å²) in [6, 6.07) is 0. The van der Waals surface area contributed by atoms with Crippen molar-refractivity contribution in [2.24, 2.45) is 0 Å². The number of phosphoric ester groups is 1. The number of fused-ring (bicyclic) bond motifs is 1. The van der Waals surface area contributed by atoms with Crippen molar-refractivity contribution in [1.82, 2.24) is 19.5 Å². The van der Waals surface area contributed by atoms with Crippen LogP contribution in [0, 0.1) is 0 Å². The quantitative estimate of drug-likeness (QED) is 0.0928. The summed E-state index contributed by atoms with van der Waals surface area (Å²) in [6.07, 6.45) is -3.44. The molecule has 0 aromatic carbocycles. The molecule has 2 aromatic heterocycles. The maximum Gasteiger partial charge on any atom is 1.00 e. The van der Waals surface area contributed by atoms with Crippen LogP contribution in [-0.2, 0) is 31.6 Å². The predicted octanol–water partition coefficient (Wildman–Crippen LogP) is -14.9. The van der Waals surface area contributed by atoms with Gasteiger partial charge >= 0.3 is 118 Å². The monoisotopic (exact) mass is 666 g/mol. The van der Waals surface area contributed by atoms with E-state index < -0.39 is 54.6 Å². The molecule has 0 aliphatic carbocycles. The Labute approximate surface area is 316 Å². The van der Waals surface area contributed by atoms with Gasteiger partial charge in [0.15, 0.2) is 17.7 Å². The molecule has 2 aromatic rings. The van der Waals surface area contributed by atoms with E-state index in [1.54, 1.807) is 0 Å². The molecular weight excluding hydrogens is 645 g/mol. The summed E-state index contributed by atoms with van der Waals surface area (Å²) in [6.45, 7) is 1.45. The number of rotatable bonds is 12. The molecule has 19 nitrogen and oxygen atoms in total. The first kappa shape index (κ1) is 44.6. The van der Waals surface area contributed by atoms with Crippen LogP contribution in [0.25, 0.3) is 11.2 Å². The number of nitrogens with two attached hydrogens (primary N) is 1. The van der Waals surface area contributed by atoms with E-state index in [4.69, 9.17) is 10.5 Å². The molecule has 40 heavy (non-hydrogen) atoms. The zero-order valence-corrected chi connectivity index (χ0v) is 33.0. The molecule has 26 heteroatoms. The molecule has 1 fully saturated rings. The molecule has 1 aliphatic heterocycles. The zero-order valence-electron chi connectivity index (χ0n) is 22.3. The number of phosphoric acid groups is 3. The largest absolute Gasteiger partial charge is 1.00 e. The van der Waals surface area contributed by atoms with Crippen molar-refractivity contribution in [1.29, 1.82) is 0 Å². The Hall–Kier alpha value is 2.44. The van der Waals surface area contributed by atoms with Gasteiger partial charge in [-0.2, -0.15) is 9.97 Å². The summed E-state index contributed by atoms with van der Waals surface area (Å²) in [5.41, 5.74) is 6.18. The predicted molar refractivity (Wildman–Crippen MR) is 110 cm³/mol. The molecular formula is C14H21N6Na4O13P3. The molecule has 0 amide bonds. The molecule has 204 valence electrons. The summed E-state index contributed by atoms with van der Waals surface area (Å²) in [5.74, 6) is 0.178. The van der Waals surface area contributed by atoms with Crippen LogP contribution in [0.5, 0.6) is 0 Å². The Morgan fingerprint density at radius 2 is 1.68 bits per heavy atom. The van der Waals surface area contributed by atoms with Crippen LogP contribution in [0.15, 0.2) is 6.33 Å². The second-order valence-electron chi connectivity index (χ2n) is 7.38. The van der Waals surface area contributed by atoms with E-state index in [0.29, 0.717) is 6.54 Å². The van der Waals surface area contributed by atoms with Crippen molar-refractivity contribution in [3.8, 4) is 0 Å². The second kappa shape index (κ2) is 18.6. The summed E-state index contributed by atoms with van der Waals surface area (Å²) in [4.78, 5) is 56.2. The molecule has 2 unspecified atom stereocenters. The molecule has 5 N–H and O–H groups in total. The minimum absolute atomic E-state index is 0. The number of hydrogen-bond donors (Lipinski definition) is 4. The molecule has 0 bridgehead atoms. The van der Waals surface area contributed by atoms with Gasteiger partial charge in [-0.05, 0) is 6.42 Å². The molecule has 1 saturated heterocycles. The number of nitrogens with one attached hydrogen (secondary N) is 1. The van der Waals surface area contributed by atoms with E-state index in [2.05, 4.69) is 33.4 Å². The van der Waals surface area contributed by atoms with E-state index in [0.717, 1.165) is 12.8 Å². The number of aliphatic hydroxyl groups is 2. The van der Waals surface area contributed by atoms with Gasteiger partial charge in [-0.15, -0.1) is 0 Å². The first-order valence-electron chi connectivity index (χ1n) is 10.1. The van der Waals surface area contributed by atoms with E-state index in [1.165, 1.54) is 10.9 Å². The van der Waals surface area contributed by atoms with Gasteiger partial charge in [-0.25, -0.2) is 9.29 Å². The van der Waals surface area contributed by atoms with Gasteiger partial charge in [-0.1, -0.05) is 13.3 Å². The summed E-state index contributed by atoms with van der Waals surface area (Å²) in [5, 5.41) is 23.7. The number of ether oxygens (including phenoxy) is 1. The van der Waals surface area contributed by atoms with Crippen LogP contribution in [0.3, 0.4) is 0 Å². The third-order valence-electron chi connectivity index (χ3n) is 4.67. The molecule has 6 atom stereocenters. The molecule has 0 radical (unpaired) electrons. The zero-order chi connectivity index (χ0) is 26.9. The van der Waals surface area contributed by atoms with E-state index >= 15 is 0 Å². The van der Waals surface area contributed by atoms with Crippen molar-refractivity contribution >= 4 is 46.4 Å². The van der Waals surface area contributed by atoms with Crippen molar-refractivity contribution in [2.75, 3.05) is 24.2 Å². The van der Waals surface area contributed by atoms with Crippen LogP contribution in [0.4, 0.5) is 11.8 Å². The molecule has 3 heterocycles. The summed E-state index contributed by atoms with van der Waals surface area (Å²) < 4.78 is 50.8. The SMILES string of the molecule is CCCCNc1nc(N)c2ncn([C@@H]3O[C@H](COP(=O)([O-])OP(=O)([O-])OP(=O)([O-])[O-])[C@@H](O)[C@H]3O)c2n1.[Na+].[Na+].[Na+].[Na+]. The van der Waals surface area contributed by atoms with Gasteiger partial charge in [0.1, 0.15) is 23.8 Å². The maximum absolute atomic E-state index is 11.7. The first-order valence-corrected chi connectivity index (χ1v) is 14.5. The third kappa shape index (κ3) is 12.7. The average molecular weight is 666 g/mol. The van der Waals surface area contributed by atoms with Crippen LogP contribution in [0.2, 0.25) is 0 Å². The van der Waals surface area contributed by atoms with E-state index in [-0.39, 0.29) is 141 Å². The third-order valence-corrected chi connectivity index (χ3v) is 8.34. The molecule has 1 aliphatic rings. The number of aromatic nitrogens is 4. The Bertz CT molecular complexity index is 1240. The average Bonchev–Trinajstić information content (AvgIpc) is 3.26. The summed E-state index contributed by atoms with van der Waals surface area (Å²) >= 11 is 0. The van der Waals surface area contributed by atoms with Crippen molar-refractivity contribution in [3.05, 3.63) is 6.33 Å². The second-order valence-corrected chi connectivity index (χ2v) is 11.6. The number of aliphatic hydroxyl groups excluding tert-OH is 2. The van der Waals surface area contributed by atoms with Gasteiger partial charge < -0.3 is 54.7 Å². The minimum Gasteiger partial charge on any atom is -0.790 e. The van der Waals surface area contributed by atoms with Gasteiger partial charge in [0.25, 0.3) is 15.6 Å². The van der Waals surface area contributed by atoms with Crippen molar-refractivity contribution < 1.29 is 180 Å². The smallest absolute Gasteiger partial charge is 0.790 e. The van der Waals surface area contributed by atoms with Crippen LogP contribution in [0.1, 0.15) is 26.0 Å². The number of hydrogen-bond acceptors (Lipinski definition) is 18. The Kier molecular flexibility index (Phi) is 20.7. The number of unbranched alkanes of at least 4 members (excludes halogenated alkanes) is 1. The minimum atomic E-state index is -6.16. The fraction of sp³-hybridized carbons (Fsp3) is 0.643. The normalized spacial score (nSPS) is 23.5. The standard InChI is InChI=1S/C14H25N6O13P3.4Na/c1-2-3-4-16-14-18-11(15)8-12(19-14)20(6-17-8)13-10(22)9(21)7(31-13)5-30-35(26,27)33-36(28,29)32-34(23,24)25;;;;/h6-7,9-10,13,21-22H,2-5H2,1H3,(H,26,27)(H,28,29)(H2,23,24,25)(H3,15,16,18,19);;;;/q;4*+1/p-4/t7-,9-,10-,13-;;;;/m1..../s1. The van der Waals surface area contributed by atoms with Crippen LogP contribution in [-0.4, -0.2) is 61.2 Å². The number of anilines is 2. The Morgan fingerprint density at radius 3 is 2.25 bits per heavy atom. The molecule has 3 rings (SSSR count). The van der Waals surface area contributed by atoms with Crippen molar-refractivity contribution in [3.63, 3.8) is 0 Å². The number of nitrogen functional groups attached to an aromatic ring is 1. The maximum atomic E-state index is 11.7.